The van der Waals surface area contributed by atoms with Crippen LogP contribution in [0, 0.1) is 17.6 Å². The third kappa shape index (κ3) is 2.41. The van der Waals surface area contributed by atoms with Gasteiger partial charge in [0, 0.05) is 23.1 Å². The lowest BCUT2D eigenvalue weighted by atomic mass is 10.1. The molecule has 1 saturated carbocycles. The summed E-state index contributed by atoms with van der Waals surface area (Å²) in [5, 5.41) is 7.31. The summed E-state index contributed by atoms with van der Waals surface area (Å²) < 4.78 is 28.9. The number of benzene rings is 1. The van der Waals surface area contributed by atoms with Crippen LogP contribution in [0.4, 0.5) is 8.78 Å². The number of hydrogen-bond acceptors (Lipinski definition) is 2. The summed E-state index contributed by atoms with van der Waals surface area (Å²) in [6.07, 6.45) is 1.84. The molecule has 1 amide bonds. The molecule has 1 heterocycles. The van der Waals surface area contributed by atoms with Crippen molar-refractivity contribution in [3.8, 4) is 5.69 Å². The topological polar surface area (TPSA) is 46.9 Å². The Morgan fingerprint density at radius 2 is 2.08 bits per heavy atom. The van der Waals surface area contributed by atoms with Gasteiger partial charge in [0.1, 0.15) is 11.5 Å². The average Bonchev–Trinajstić information content (AvgIpc) is 2.96. The van der Waals surface area contributed by atoms with Crippen LogP contribution in [-0.2, 0) is 6.42 Å². The van der Waals surface area contributed by atoms with E-state index in [1.165, 1.54) is 16.8 Å². The van der Waals surface area contributed by atoms with Crippen molar-refractivity contribution in [2.45, 2.75) is 45.1 Å². The Bertz CT molecular complexity index is 851. The Kier molecular flexibility index (Phi) is 3.11. The summed E-state index contributed by atoms with van der Waals surface area (Å²) in [5.74, 6) is -0.703. The van der Waals surface area contributed by atoms with Crippen LogP contribution >= 0.6 is 0 Å². The highest BCUT2D eigenvalue weighted by Crippen LogP contribution is 2.57. The van der Waals surface area contributed by atoms with Gasteiger partial charge in [-0.2, -0.15) is 5.10 Å². The second-order valence-corrected chi connectivity index (χ2v) is 7.73. The molecule has 1 aromatic carbocycles. The van der Waals surface area contributed by atoms with Crippen LogP contribution in [0.5, 0.6) is 0 Å². The van der Waals surface area contributed by atoms with E-state index in [4.69, 9.17) is 0 Å². The van der Waals surface area contributed by atoms with Crippen LogP contribution in [0.1, 0.15) is 54.9 Å². The molecule has 1 fully saturated rings. The number of nitrogens with zero attached hydrogens (tertiary/aromatic N) is 2. The van der Waals surface area contributed by atoms with E-state index < -0.39 is 11.6 Å². The van der Waals surface area contributed by atoms with Gasteiger partial charge < -0.3 is 5.32 Å². The Hall–Kier alpha value is -2.24. The zero-order valence-corrected chi connectivity index (χ0v) is 13.9. The fourth-order valence-corrected chi connectivity index (χ4v) is 3.53. The molecule has 4 nitrogen and oxygen atoms in total. The molecule has 0 aliphatic heterocycles. The fraction of sp³-hybridized carbons (Fsp3) is 0.444. The van der Waals surface area contributed by atoms with Gasteiger partial charge >= 0.3 is 0 Å². The molecule has 0 radical (unpaired) electrons. The van der Waals surface area contributed by atoms with Crippen molar-refractivity contribution in [3.63, 3.8) is 0 Å². The van der Waals surface area contributed by atoms with E-state index >= 15 is 0 Å². The lowest BCUT2D eigenvalue weighted by Gasteiger charge is -2.20. The van der Waals surface area contributed by atoms with Gasteiger partial charge in [-0.3, -0.25) is 4.79 Å². The molecular formula is C18H19F2N3O. The van der Waals surface area contributed by atoms with E-state index in [9.17, 15) is 13.6 Å². The number of fused-ring (bicyclic) bond motifs is 3. The summed E-state index contributed by atoms with van der Waals surface area (Å²) in [7, 11) is 0. The molecule has 1 aromatic heterocycles. The third-order valence-electron chi connectivity index (χ3n) is 4.60. The van der Waals surface area contributed by atoms with Gasteiger partial charge in [0.05, 0.1) is 5.69 Å². The molecule has 0 unspecified atom stereocenters. The quantitative estimate of drug-likeness (QED) is 0.917. The number of carbonyl (C=O) groups is 1. The molecule has 2 aliphatic carbocycles. The molecule has 126 valence electrons. The number of halogens is 2. The highest BCUT2D eigenvalue weighted by molar-refractivity contribution is 5.95. The molecule has 0 saturated heterocycles. The summed E-state index contributed by atoms with van der Waals surface area (Å²) in [5.41, 5.74) is 1.98. The van der Waals surface area contributed by atoms with Crippen LogP contribution in [0.3, 0.4) is 0 Å². The summed E-state index contributed by atoms with van der Waals surface area (Å²) in [6, 6.07) is 3.43. The molecule has 0 bridgehead atoms. The van der Waals surface area contributed by atoms with E-state index in [0.717, 1.165) is 30.2 Å². The number of nitrogens with one attached hydrogen (secondary N) is 1. The standard InChI is InChI=1S/C18H19F2N3O/c1-18(2,3)21-17(24)15-12-7-9-6-11(9)16(12)23(22-15)14-5-4-10(19)8-13(14)20/h4-5,8-9,11H,6-7H2,1-3H3,(H,21,24)/t9-,11-/m1/s1. The van der Waals surface area contributed by atoms with Crippen LogP contribution in [0.15, 0.2) is 18.2 Å². The predicted molar refractivity (Wildman–Crippen MR) is 85.3 cm³/mol. The van der Waals surface area contributed by atoms with Gasteiger partial charge in [-0.25, -0.2) is 13.5 Å². The predicted octanol–water partition coefficient (Wildman–Crippen LogP) is 3.34. The van der Waals surface area contributed by atoms with Crippen LogP contribution in [-0.4, -0.2) is 21.2 Å². The molecule has 2 atom stereocenters. The van der Waals surface area contributed by atoms with Gasteiger partial charge in [0.25, 0.3) is 5.91 Å². The maximum Gasteiger partial charge on any atom is 0.272 e. The van der Waals surface area contributed by atoms with Crippen LogP contribution in [0.2, 0.25) is 0 Å². The number of hydrogen-bond donors (Lipinski definition) is 1. The number of carbonyl (C=O) groups excluding carboxylic acids is 1. The molecular weight excluding hydrogens is 312 g/mol. The Balaban J connectivity index is 1.82. The van der Waals surface area contributed by atoms with Crippen LogP contribution < -0.4 is 5.32 Å². The van der Waals surface area contributed by atoms with E-state index in [0.29, 0.717) is 17.5 Å². The van der Waals surface area contributed by atoms with Crippen molar-refractivity contribution >= 4 is 5.91 Å². The minimum atomic E-state index is -0.674. The maximum absolute atomic E-state index is 14.2. The zero-order chi connectivity index (χ0) is 17.2. The van der Waals surface area contributed by atoms with E-state index in [2.05, 4.69) is 10.4 Å². The lowest BCUT2D eigenvalue weighted by Crippen LogP contribution is -2.41. The van der Waals surface area contributed by atoms with Crippen molar-refractivity contribution in [2.75, 3.05) is 0 Å². The minimum Gasteiger partial charge on any atom is -0.346 e. The smallest absolute Gasteiger partial charge is 0.272 e. The van der Waals surface area contributed by atoms with Crippen LogP contribution in [0.25, 0.3) is 5.69 Å². The van der Waals surface area contributed by atoms with Gasteiger partial charge in [-0.15, -0.1) is 0 Å². The summed E-state index contributed by atoms with van der Waals surface area (Å²) in [6.45, 7) is 5.71. The first-order chi connectivity index (χ1) is 11.2. The molecule has 24 heavy (non-hydrogen) atoms. The van der Waals surface area contributed by atoms with E-state index in [-0.39, 0.29) is 17.1 Å². The van der Waals surface area contributed by atoms with Gasteiger partial charge in [0.15, 0.2) is 11.5 Å². The van der Waals surface area contributed by atoms with Crippen molar-refractivity contribution in [1.82, 2.24) is 15.1 Å². The monoisotopic (exact) mass is 331 g/mol. The molecule has 1 N–H and O–H groups in total. The summed E-state index contributed by atoms with van der Waals surface area (Å²) in [4.78, 5) is 12.6. The first-order valence-electron chi connectivity index (χ1n) is 8.14. The second-order valence-electron chi connectivity index (χ2n) is 7.73. The zero-order valence-electron chi connectivity index (χ0n) is 13.9. The molecule has 2 aliphatic rings. The molecule has 2 aromatic rings. The van der Waals surface area contributed by atoms with E-state index in [1.807, 2.05) is 20.8 Å². The average molecular weight is 331 g/mol. The van der Waals surface area contributed by atoms with Crippen molar-refractivity contribution in [2.24, 2.45) is 5.92 Å². The SMILES string of the molecule is CC(C)(C)NC(=O)c1nn(-c2ccc(F)cc2F)c2c1C[C@H]1C[C@@H]21. The maximum atomic E-state index is 14.2. The number of aromatic nitrogens is 2. The van der Waals surface area contributed by atoms with Gasteiger partial charge in [-0.1, -0.05) is 0 Å². The highest BCUT2D eigenvalue weighted by atomic mass is 19.1. The Morgan fingerprint density at radius 1 is 1.33 bits per heavy atom. The first kappa shape index (κ1) is 15.3. The number of rotatable bonds is 2. The molecule has 6 heteroatoms. The largest absolute Gasteiger partial charge is 0.346 e. The van der Waals surface area contributed by atoms with Gasteiger partial charge in [0.2, 0.25) is 0 Å². The summed E-state index contributed by atoms with van der Waals surface area (Å²) >= 11 is 0. The van der Waals surface area contributed by atoms with Gasteiger partial charge in [-0.05, 0) is 51.7 Å². The molecule has 0 spiro atoms. The number of amides is 1. The van der Waals surface area contributed by atoms with Crippen molar-refractivity contribution in [3.05, 3.63) is 46.8 Å². The fourth-order valence-electron chi connectivity index (χ4n) is 3.53. The normalized spacial score (nSPS) is 21.4. The van der Waals surface area contributed by atoms with Crippen molar-refractivity contribution < 1.29 is 13.6 Å². The Morgan fingerprint density at radius 3 is 2.75 bits per heavy atom. The Labute approximate surface area is 138 Å². The highest BCUT2D eigenvalue weighted by Gasteiger charge is 2.50. The van der Waals surface area contributed by atoms with E-state index in [1.54, 1.807) is 0 Å². The molecule has 4 rings (SSSR count). The van der Waals surface area contributed by atoms with Crippen molar-refractivity contribution in [1.29, 1.82) is 0 Å². The lowest BCUT2D eigenvalue weighted by molar-refractivity contribution is 0.0913. The first-order valence-corrected chi connectivity index (χ1v) is 8.14. The minimum absolute atomic E-state index is 0.190. The second kappa shape index (κ2) is 4.88. The third-order valence-corrected chi connectivity index (χ3v) is 4.60.